The Kier molecular flexibility index (Phi) is 7.55. The summed E-state index contributed by atoms with van der Waals surface area (Å²) < 4.78 is 23.0. The van der Waals surface area contributed by atoms with Crippen LogP contribution in [-0.2, 0) is 9.84 Å². The van der Waals surface area contributed by atoms with Crippen molar-refractivity contribution < 1.29 is 8.42 Å². The SMILES string of the molecule is CCCS(=O)(=O)CCN1CCNC(C)C1.Cl. The normalized spacial score (nSPS) is 22.8. The monoisotopic (exact) mass is 270 g/mol. The Hall–Kier alpha value is 0.160. The van der Waals surface area contributed by atoms with E-state index in [1.165, 1.54) is 0 Å². The first kappa shape index (κ1) is 16.2. The zero-order valence-corrected chi connectivity index (χ0v) is 11.7. The summed E-state index contributed by atoms with van der Waals surface area (Å²) in [5.74, 6) is 0.641. The van der Waals surface area contributed by atoms with Crippen molar-refractivity contribution in [3.63, 3.8) is 0 Å². The predicted molar refractivity (Wildman–Crippen MR) is 70.1 cm³/mol. The van der Waals surface area contributed by atoms with Gasteiger partial charge in [0.2, 0.25) is 0 Å². The molecule has 1 rings (SSSR count). The van der Waals surface area contributed by atoms with Gasteiger partial charge in [0.25, 0.3) is 0 Å². The molecule has 1 N–H and O–H groups in total. The third-order valence-electron chi connectivity index (χ3n) is 2.69. The van der Waals surface area contributed by atoms with Crippen LogP contribution < -0.4 is 5.32 Å². The van der Waals surface area contributed by atoms with Crippen molar-refractivity contribution in [3.8, 4) is 0 Å². The smallest absolute Gasteiger partial charge is 0.151 e. The molecule has 0 aromatic carbocycles. The number of nitrogens with zero attached hydrogens (tertiary/aromatic N) is 1. The molecule has 1 saturated heterocycles. The first-order valence-electron chi connectivity index (χ1n) is 5.69. The van der Waals surface area contributed by atoms with E-state index in [0.29, 0.717) is 24.1 Å². The van der Waals surface area contributed by atoms with Gasteiger partial charge in [-0.2, -0.15) is 0 Å². The van der Waals surface area contributed by atoms with E-state index in [9.17, 15) is 8.42 Å². The molecule has 0 bridgehead atoms. The molecule has 1 atom stereocenters. The van der Waals surface area contributed by atoms with Crippen molar-refractivity contribution in [2.45, 2.75) is 26.3 Å². The van der Waals surface area contributed by atoms with Crippen LogP contribution in [0.1, 0.15) is 20.3 Å². The summed E-state index contributed by atoms with van der Waals surface area (Å²) in [7, 11) is -2.81. The van der Waals surface area contributed by atoms with E-state index in [0.717, 1.165) is 26.1 Å². The molecular weight excluding hydrogens is 248 g/mol. The number of nitrogens with one attached hydrogen (secondary N) is 1. The zero-order valence-electron chi connectivity index (χ0n) is 10.1. The second-order valence-electron chi connectivity index (χ2n) is 4.31. The van der Waals surface area contributed by atoms with Crippen LogP contribution in [0.2, 0.25) is 0 Å². The summed E-state index contributed by atoms with van der Waals surface area (Å²) in [6.07, 6.45) is 0.723. The van der Waals surface area contributed by atoms with Crippen molar-refractivity contribution in [1.29, 1.82) is 0 Å². The van der Waals surface area contributed by atoms with Crippen LogP contribution in [-0.4, -0.2) is 57.0 Å². The number of hydrogen-bond donors (Lipinski definition) is 1. The summed E-state index contributed by atoms with van der Waals surface area (Å²) in [5, 5.41) is 3.34. The third-order valence-corrected chi connectivity index (χ3v) is 4.52. The van der Waals surface area contributed by atoms with Crippen LogP contribution >= 0.6 is 12.4 Å². The molecule has 0 amide bonds. The molecular formula is C10H23ClN2O2S. The Morgan fingerprint density at radius 2 is 2.06 bits per heavy atom. The maximum Gasteiger partial charge on any atom is 0.151 e. The van der Waals surface area contributed by atoms with E-state index in [4.69, 9.17) is 0 Å². The van der Waals surface area contributed by atoms with Gasteiger partial charge in [0.1, 0.15) is 0 Å². The van der Waals surface area contributed by atoms with Gasteiger partial charge in [-0.3, -0.25) is 4.90 Å². The summed E-state index contributed by atoms with van der Waals surface area (Å²) in [5.41, 5.74) is 0. The Morgan fingerprint density at radius 1 is 1.38 bits per heavy atom. The third kappa shape index (κ3) is 6.03. The highest BCUT2D eigenvalue weighted by atomic mass is 35.5. The van der Waals surface area contributed by atoms with E-state index in [1.807, 2.05) is 6.92 Å². The lowest BCUT2D eigenvalue weighted by Gasteiger charge is -2.31. The highest BCUT2D eigenvalue weighted by Gasteiger charge is 2.17. The van der Waals surface area contributed by atoms with Gasteiger partial charge in [-0.25, -0.2) is 8.42 Å². The van der Waals surface area contributed by atoms with Crippen LogP contribution in [0.15, 0.2) is 0 Å². The fourth-order valence-corrected chi connectivity index (χ4v) is 3.26. The molecule has 1 unspecified atom stereocenters. The van der Waals surface area contributed by atoms with Crippen molar-refractivity contribution in [2.75, 3.05) is 37.7 Å². The number of sulfone groups is 1. The first-order valence-corrected chi connectivity index (χ1v) is 7.52. The van der Waals surface area contributed by atoms with Crippen LogP contribution in [0.5, 0.6) is 0 Å². The number of halogens is 1. The summed E-state index contributed by atoms with van der Waals surface area (Å²) in [6, 6.07) is 0.479. The molecule has 0 aromatic rings. The topological polar surface area (TPSA) is 49.4 Å². The predicted octanol–water partition coefficient (Wildman–Crippen LogP) is 0.527. The average molecular weight is 271 g/mol. The molecule has 0 aliphatic carbocycles. The largest absolute Gasteiger partial charge is 0.312 e. The zero-order chi connectivity index (χ0) is 11.3. The lowest BCUT2D eigenvalue weighted by Crippen LogP contribution is -2.50. The molecule has 1 aliphatic heterocycles. The lowest BCUT2D eigenvalue weighted by molar-refractivity contribution is 0.217. The van der Waals surface area contributed by atoms with Gasteiger partial charge in [-0.15, -0.1) is 12.4 Å². The maximum atomic E-state index is 11.5. The lowest BCUT2D eigenvalue weighted by atomic mass is 10.2. The fraction of sp³-hybridized carbons (Fsp3) is 1.00. The second kappa shape index (κ2) is 7.48. The van der Waals surface area contributed by atoms with Gasteiger partial charge in [-0.05, 0) is 13.3 Å². The van der Waals surface area contributed by atoms with Gasteiger partial charge < -0.3 is 5.32 Å². The molecule has 1 fully saturated rings. The second-order valence-corrected chi connectivity index (χ2v) is 6.61. The Morgan fingerprint density at radius 3 is 2.62 bits per heavy atom. The standard InChI is InChI=1S/C10H22N2O2S.ClH/c1-3-7-15(13,14)8-6-12-5-4-11-10(2)9-12;/h10-11H,3-9H2,1-2H3;1H. The molecule has 0 saturated carbocycles. The molecule has 1 heterocycles. The number of rotatable bonds is 5. The van der Waals surface area contributed by atoms with Crippen LogP contribution in [0.3, 0.4) is 0 Å². The van der Waals surface area contributed by atoms with E-state index < -0.39 is 9.84 Å². The van der Waals surface area contributed by atoms with Gasteiger partial charge >= 0.3 is 0 Å². The fourth-order valence-electron chi connectivity index (χ4n) is 1.90. The maximum absolute atomic E-state index is 11.5. The van der Waals surface area contributed by atoms with Crippen molar-refractivity contribution >= 4 is 22.2 Å². The Balaban J connectivity index is 0.00000225. The molecule has 0 radical (unpaired) electrons. The Labute approximate surface area is 105 Å². The first-order chi connectivity index (χ1) is 7.03. The van der Waals surface area contributed by atoms with Crippen molar-refractivity contribution in [1.82, 2.24) is 10.2 Å². The van der Waals surface area contributed by atoms with E-state index >= 15 is 0 Å². The molecule has 0 spiro atoms. The van der Waals surface area contributed by atoms with Crippen molar-refractivity contribution in [3.05, 3.63) is 0 Å². The molecule has 0 aromatic heterocycles. The highest BCUT2D eigenvalue weighted by molar-refractivity contribution is 7.91. The molecule has 1 aliphatic rings. The number of piperazine rings is 1. The quantitative estimate of drug-likeness (QED) is 0.792. The summed E-state index contributed by atoms with van der Waals surface area (Å²) in [4.78, 5) is 2.23. The summed E-state index contributed by atoms with van der Waals surface area (Å²) >= 11 is 0. The minimum atomic E-state index is -2.81. The van der Waals surface area contributed by atoms with Gasteiger partial charge in [0.15, 0.2) is 9.84 Å². The summed E-state index contributed by atoms with van der Waals surface area (Å²) in [6.45, 7) is 7.62. The molecule has 6 heteroatoms. The van der Waals surface area contributed by atoms with Crippen LogP contribution in [0.25, 0.3) is 0 Å². The van der Waals surface area contributed by atoms with E-state index in [-0.39, 0.29) is 12.4 Å². The van der Waals surface area contributed by atoms with Crippen LogP contribution in [0.4, 0.5) is 0 Å². The average Bonchev–Trinajstić information content (AvgIpc) is 2.15. The van der Waals surface area contributed by atoms with Crippen LogP contribution in [0, 0.1) is 0 Å². The highest BCUT2D eigenvalue weighted by Crippen LogP contribution is 2.01. The molecule has 98 valence electrons. The minimum Gasteiger partial charge on any atom is -0.312 e. The van der Waals surface area contributed by atoms with Gasteiger partial charge in [0, 0.05) is 38.0 Å². The minimum absolute atomic E-state index is 0. The van der Waals surface area contributed by atoms with Gasteiger partial charge in [-0.1, -0.05) is 6.92 Å². The number of hydrogen-bond acceptors (Lipinski definition) is 4. The molecule has 16 heavy (non-hydrogen) atoms. The van der Waals surface area contributed by atoms with E-state index in [1.54, 1.807) is 0 Å². The van der Waals surface area contributed by atoms with Gasteiger partial charge in [0.05, 0.1) is 5.75 Å². The van der Waals surface area contributed by atoms with E-state index in [2.05, 4.69) is 17.1 Å². The van der Waals surface area contributed by atoms with Crippen molar-refractivity contribution in [2.24, 2.45) is 0 Å². The Bertz CT molecular complexity index is 283. The molecule has 4 nitrogen and oxygen atoms in total.